The molecule has 1 aromatic carbocycles. The number of esters is 1. The minimum absolute atomic E-state index is 0.0341. The normalized spacial score (nSPS) is 23.7. The number of nitrogens with zero attached hydrogens (tertiary/aromatic N) is 2. The molecule has 2 aromatic rings. The molecule has 5 aliphatic rings. The molecule has 2 bridgehead atoms. The van der Waals surface area contributed by atoms with Crippen molar-refractivity contribution >= 4 is 63.7 Å². The highest BCUT2D eigenvalue weighted by atomic mass is 19.1. The lowest BCUT2D eigenvalue weighted by Crippen LogP contribution is -2.52. The molecule has 0 radical (unpaired) electrons. The van der Waals surface area contributed by atoms with E-state index < -0.39 is 88.9 Å². The Morgan fingerprint density at radius 2 is 1.71 bits per heavy atom. The topological polar surface area (TPSA) is 260 Å². The van der Waals surface area contributed by atoms with Crippen LogP contribution in [0, 0.1) is 24.6 Å². The third kappa shape index (κ3) is 8.96. The SMILES string of the molecule is CC[C@@]1(O)C(=O)OCC2=C1C=C1c3nc4cc(F)c(C)c5c4c(c3CCC(C2=O)C1C)[C@@H](NC(=O)[C@H](O)CCOCNC(=O)[C@H](C)NC(=O)[C@H](C)NC(=O)CCN1C(=O)C=CC1=O)CC5. The van der Waals surface area contributed by atoms with E-state index in [0.29, 0.717) is 59.0 Å². The van der Waals surface area contributed by atoms with Gasteiger partial charge in [-0.05, 0) is 92.7 Å². The van der Waals surface area contributed by atoms with Crippen LogP contribution in [0.15, 0.2) is 35.4 Å². The first-order valence-corrected chi connectivity index (χ1v) is 21.9. The molecule has 1 aromatic heterocycles. The third-order valence-electron chi connectivity index (χ3n) is 13.2. The number of amides is 6. The fourth-order valence-corrected chi connectivity index (χ4v) is 9.36. The number of aromatic nitrogens is 1. The second-order valence-electron chi connectivity index (χ2n) is 17.2. The van der Waals surface area contributed by atoms with Gasteiger partial charge in [0.1, 0.15) is 37.3 Å². The minimum atomic E-state index is -2.05. The zero-order chi connectivity index (χ0) is 47.1. The van der Waals surface area contributed by atoms with Gasteiger partial charge >= 0.3 is 5.97 Å². The average Bonchev–Trinajstić information content (AvgIpc) is 3.46. The number of imide groups is 1. The summed E-state index contributed by atoms with van der Waals surface area (Å²) in [5.41, 5.74) is 2.52. The van der Waals surface area contributed by atoms with E-state index in [4.69, 9.17) is 14.5 Å². The van der Waals surface area contributed by atoms with E-state index in [-0.39, 0.29) is 62.7 Å². The van der Waals surface area contributed by atoms with Gasteiger partial charge in [-0.3, -0.25) is 38.5 Å². The van der Waals surface area contributed by atoms with Gasteiger partial charge in [-0.15, -0.1) is 0 Å². The molecule has 7 atom stereocenters. The van der Waals surface area contributed by atoms with Gasteiger partial charge < -0.3 is 41.0 Å². The summed E-state index contributed by atoms with van der Waals surface area (Å²) in [6.07, 6.45) is 3.53. The predicted octanol–water partition coefficient (Wildman–Crippen LogP) is 1.11. The number of carbonyl (C=O) groups excluding carboxylic acids is 8. The fraction of sp³-hybridized carbons (Fsp3) is 0.500. The van der Waals surface area contributed by atoms with Crippen LogP contribution in [-0.2, 0) is 60.7 Å². The molecule has 3 heterocycles. The van der Waals surface area contributed by atoms with Gasteiger partial charge in [-0.25, -0.2) is 14.2 Å². The molecule has 0 fully saturated rings. The fourth-order valence-electron chi connectivity index (χ4n) is 9.36. The van der Waals surface area contributed by atoms with Crippen LogP contribution in [0.3, 0.4) is 0 Å². The van der Waals surface area contributed by atoms with Crippen LogP contribution < -0.4 is 21.3 Å². The molecule has 0 saturated heterocycles. The molecule has 7 rings (SSSR count). The lowest BCUT2D eigenvalue weighted by molar-refractivity contribution is -0.163. The molecule has 0 saturated carbocycles. The van der Waals surface area contributed by atoms with Crippen molar-refractivity contribution in [1.82, 2.24) is 31.2 Å². The quantitative estimate of drug-likeness (QED) is 0.0635. The van der Waals surface area contributed by atoms with E-state index in [0.717, 1.165) is 28.2 Å². The highest BCUT2D eigenvalue weighted by molar-refractivity contribution is 6.13. The first-order valence-electron chi connectivity index (χ1n) is 21.9. The summed E-state index contributed by atoms with van der Waals surface area (Å²) < 4.78 is 26.3. The molecule has 6 N–H and O–H groups in total. The molecule has 3 aliphatic carbocycles. The van der Waals surface area contributed by atoms with Crippen LogP contribution in [0.4, 0.5) is 4.39 Å². The predicted molar refractivity (Wildman–Crippen MR) is 228 cm³/mol. The summed E-state index contributed by atoms with van der Waals surface area (Å²) >= 11 is 0. The van der Waals surface area contributed by atoms with Crippen molar-refractivity contribution in [2.45, 2.75) is 109 Å². The number of hydrogen-bond donors (Lipinski definition) is 6. The number of benzene rings is 1. The molecule has 6 amide bonds. The number of nitrogens with one attached hydrogen (secondary N) is 4. The smallest absolute Gasteiger partial charge is 0.343 e. The number of ether oxygens (including phenoxy) is 2. The number of halogens is 1. The largest absolute Gasteiger partial charge is 0.458 e. The maximum Gasteiger partial charge on any atom is 0.343 e. The van der Waals surface area contributed by atoms with E-state index in [9.17, 15) is 48.6 Å². The zero-order valence-electron chi connectivity index (χ0n) is 36.8. The Labute approximate surface area is 373 Å². The Hall–Kier alpha value is -6.18. The minimum Gasteiger partial charge on any atom is -0.458 e. The molecular formula is C46H53FN6O12. The Kier molecular flexibility index (Phi) is 13.5. The van der Waals surface area contributed by atoms with Crippen LogP contribution in [0.25, 0.3) is 16.5 Å². The van der Waals surface area contributed by atoms with E-state index in [1.807, 2.05) is 6.92 Å². The van der Waals surface area contributed by atoms with Gasteiger partial charge in [0.05, 0.1) is 23.9 Å². The maximum absolute atomic E-state index is 15.5. The number of aliphatic hydroxyl groups excluding tert-OH is 1. The number of aliphatic hydroxyl groups is 2. The van der Waals surface area contributed by atoms with Crippen molar-refractivity contribution in [2.24, 2.45) is 11.8 Å². The first-order chi connectivity index (χ1) is 30.9. The van der Waals surface area contributed by atoms with Crippen LogP contribution in [0.5, 0.6) is 0 Å². The van der Waals surface area contributed by atoms with Gasteiger partial charge in [0.2, 0.25) is 23.6 Å². The number of allylic oxidation sites excluding steroid dienone is 1. The number of cyclic esters (lactones) is 1. The monoisotopic (exact) mass is 900 g/mol. The number of ketones is 1. The Bertz CT molecular complexity index is 2480. The number of carbonyl (C=O) groups is 8. The Morgan fingerprint density at radius 3 is 2.42 bits per heavy atom. The van der Waals surface area contributed by atoms with Crippen molar-refractivity contribution in [3.05, 3.63) is 69.2 Å². The third-order valence-corrected chi connectivity index (χ3v) is 13.2. The van der Waals surface area contributed by atoms with Crippen molar-refractivity contribution in [3.63, 3.8) is 0 Å². The van der Waals surface area contributed by atoms with E-state index in [1.165, 1.54) is 19.9 Å². The van der Waals surface area contributed by atoms with Crippen LogP contribution >= 0.6 is 0 Å². The van der Waals surface area contributed by atoms with E-state index in [2.05, 4.69) is 21.3 Å². The molecule has 18 nitrogen and oxygen atoms in total. The molecule has 346 valence electrons. The zero-order valence-corrected chi connectivity index (χ0v) is 36.8. The standard InChI is InChI=1S/C46H53FN6O12/c1-6-46(63)30-17-28-21(2)26(41(58)29(30)19-65-45(46)62)7-8-27-39-32(10-9-25-22(3)31(47)18-33(38(25)39)51-40(27)28)52-44(61)34(54)14-16-64-20-48-42(59)23(4)50-43(60)24(5)49-35(55)13-15-53-36(56)11-12-37(53)57/h11-12,17-18,21,23-24,26,32,34,54,63H,6-10,13-16,19-20H2,1-5H3,(H,48,59)(H,49,55)(H,50,60)(H,52,61)/t21?,23-,24-,26?,32-,34+,46-/m0/s1. The van der Waals surface area contributed by atoms with Crippen molar-refractivity contribution in [3.8, 4) is 0 Å². The highest BCUT2D eigenvalue weighted by Crippen LogP contribution is 2.49. The molecule has 2 aliphatic heterocycles. The maximum atomic E-state index is 15.5. The molecule has 65 heavy (non-hydrogen) atoms. The summed E-state index contributed by atoms with van der Waals surface area (Å²) in [7, 11) is 0. The van der Waals surface area contributed by atoms with Crippen LogP contribution in [0.1, 0.15) is 93.8 Å². The summed E-state index contributed by atoms with van der Waals surface area (Å²) in [5, 5.41) is 33.7. The number of fused-ring (bicyclic) bond motifs is 5. The summed E-state index contributed by atoms with van der Waals surface area (Å²) in [6.45, 7) is 7.19. The second kappa shape index (κ2) is 18.7. The molecular weight excluding hydrogens is 848 g/mol. The number of pyridine rings is 1. The van der Waals surface area contributed by atoms with Gasteiger partial charge in [-0.1, -0.05) is 13.8 Å². The summed E-state index contributed by atoms with van der Waals surface area (Å²) in [6, 6.07) is -1.35. The van der Waals surface area contributed by atoms with Gasteiger partial charge in [0.25, 0.3) is 11.8 Å². The number of Topliss-reactive ketones (excluding diaryl/α,β-unsaturated/α-hetero) is 1. The van der Waals surface area contributed by atoms with E-state index >= 15 is 4.39 Å². The van der Waals surface area contributed by atoms with Crippen LogP contribution in [0.2, 0.25) is 0 Å². The lowest BCUT2D eigenvalue weighted by Gasteiger charge is -2.33. The number of aryl methyl sites for hydroxylation is 1. The van der Waals surface area contributed by atoms with E-state index in [1.54, 1.807) is 19.9 Å². The van der Waals surface area contributed by atoms with Gasteiger partial charge in [-0.2, -0.15) is 0 Å². The number of rotatable bonds is 15. The van der Waals surface area contributed by atoms with Gasteiger partial charge in [0, 0.05) is 60.1 Å². The van der Waals surface area contributed by atoms with Crippen molar-refractivity contribution < 1.29 is 62.4 Å². The van der Waals surface area contributed by atoms with Crippen LogP contribution in [-0.4, -0.2) is 118 Å². The molecule has 0 spiro atoms. The lowest BCUT2D eigenvalue weighted by atomic mass is 9.79. The Morgan fingerprint density at radius 1 is 1.02 bits per heavy atom. The molecule has 2 unspecified atom stereocenters. The highest BCUT2D eigenvalue weighted by Gasteiger charge is 2.49. The Balaban J connectivity index is 0.980. The van der Waals surface area contributed by atoms with Crippen molar-refractivity contribution in [2.75, 3.05) is 26.5 Å². The average molecular weight is 901 g/mol. The number of hydrogen-bond acceptors (Lipinski definition) is 13. The second-order valence-corrected chi connectivity index (χ2v) is 17.2. The first kappa shape index (κ1) is 46.8. The van der Waals surface area contributed by atoms with Crippen molar-refractivity contribution in [1.29, 1.82) is 0 Å². The summed E-state index contributed by atoms with van der Waals surface area (Å²) in [4.78, 5) is 108. The molecule has 19 heteroatoms. The van der Waals surface area contributed by atoms with Gasteiger partial charge in [0.15, 0.2) is 11.4 Å². The summed E-state index contributed by atoms with van der Waals surface area (Å²) in [5.74, 6) is -6.05.